The third kappa shape index (κ3) is 7.75. The van der Waals surface area contributed by atoms with Gasteiger partial charge in [0.2, 0.25) is 23.6 Å². The maximum atomic E-state index is 14.3. The molecule has 4 heterocycles. The van der Waals surface area contributed by atoms with Crippen molar-refractivity contribution in [1.29, 1.82) is 0 Å². The Morgan fingerprint density at radius 3 is 2.47 bits per heavy atom. The summed E-state index contributed by atoms with van der Waals surface area (Å²) in [6.07, 6.45) is 3.72. The van der Waals surface area contributed by atoms with Crippen LogP contribution in [-0.2, 0) is 32.0 Å². The number of hydrogen-bond acceptors (Lipinski definition) is 8. The molecular weight excluding hydrogens is 628 g/mol. The third-order valence-electron chi connectivity index (χ3n) is 8.82. The Kier molecular flexibility index (Phi) is 9.95. The van der Waals surface area contributed by atoms with Crippen LogP contribution in [0.5, 0.6) is 0 Å². The highest BCUT2D eigenvalue weighted by atomic mass is 16.3. The van der Waals surface area contributed by atoms with E-state index in [0.29, 0.717) is 5.69 Å². The fraction of sp³-hybridized carbons (Fsp3) is 0.343. The van der Waals surface area contributed by atoms with Crippen LogP contribution in [0.4, 0.5) is 0 Å². The molecule has 14 heteroatoms. The number of aromatic amines is 1. The number of carbonyl (C=O) groups is 5. The summed E-state index contributed by atoms with van der Waals surface area (Å²) in [5.41, 5.74) is 3.02. The van der Waals surface area contributed by atoms with Gasteiger partial charge in [-0.15, -0.1) is 0 Å². The Morgan fingerprint density at radius 1 is 0.918 bits per heavy atom. The first-order valence-electron chi connectivity index (χ1n) is 16.2. The van der Waals surface area contributed by atoms with Crippen LogP contribution in [0.2, 0.25) is 0 Å². The number of carbonyl (C=O) groups excluding carboxylic acids is 5. The normalized spacial score (nSPS) is 22.5. The largest absolute Gasteiger partial charge is 0.391 e. The van der Waals surface area contributed by atoms with Gasteiger partial charge in [-0.3, -0.25) is 29.0 Å². The van der Waals surface area contributed by atoms with Crippen molar-refractivity contribution < 1.29 is 29.1 Å². The van der Waals surface area contributed by atoms with Gasteiger partial charge in [0.25, 0.3) is 5.91 Å². The zero-order chi connectivity index (χ0) is 34.5. The third-order valence-corrected chi connectivity index (χ3v) is 8.82. The summed E-state index contributed by atoms with van der Waals surface area (Å²) in [5.74, 6) is -2.89. The lowest BCUT2D eigenvalue weighted by Gasteiger charge is -2.30. The monoisotopic (exact) mass is 666 g/mol. The second-order valence-electron chi connectivity index (χ2n) is 12.4. The molecule has 14 nitrogen and oxygen atoms in total. The molecule has 4 aromatic rings. The van der Waals surface area contributed by atoms with Crippen molar-refractivity contribution in [2.24, 2.45) is 0 Å². The molecule has 5 amide bonds. The first-order chi connectivity index (χ1) is 23.7. The molecule has 5 N–H and O–H groups in total. The molecule has 2 aliphatic heterocycles. The van der Waals surface area contributed by atoms with Crippen LogP contribution < -0.4 is 16.0 Å². The molecule has 49 heavy (non-hydrogen) atoms. The first kappa shape index (κ1) is 33.3. The minimum absolute atomic E-state index is 0.0113. The van der Waals surface area contributed by atoms with E-state index in [1.165, 1.54) is 22.2 Å². The van der Waals surface area contributed by atoms with Crippen molar-refractivity contribution in [2.45, 2.75) is 50.4 Å². The average molecular weight is 667 g/mol. The van der Waals surface area contributed by atoms with E-state index in [0.717, 1.165) is 22.0 Å². The fourth-order valence-corrected chi connectivity index (χ4v) is 6.32. The van der Waals surface area contributed by atoms with Crippen molar-refractivity contribution in [3.8, 4) is 0 Å². The molecule has 2 aliphatic rings. The van der Waals surface area contributed by atoms with Crippen molar-refractivity contribution in [3.05, 3.63) is 95.7 Å². The van der Waals surface area contributed by atoms with Crippen LogP contribution in [0.1, 0.15) is 33.7 Å². The molecule has 0 unspecified atom stereocenters. The lowest BCUT2D eigenvalue weighted by Crippen LogP contribution is -2.57. The number of hydrogen-bond donors (Lipinski definition) is 5. The molecule has 0 radical (unpaired) electrons. The van der Waals surface area contributed by atoms with Crippen molar-refractivity contribution in [2.75, 3.05) is 26.2 Å². The summed E-state index contributed by atoms with van der Waals surface area (Å²) >= 11 is 0. The summed E-state index contributed by atoms with van der Waals surface area (Å²) in [6, 6.07) is 13.4. The minimum atomic E-state index is -1.14. The van der Waals surface area contributed by atoms with Gasteiger partial charge in [-0.25, -0.2) is 4.98 Å². The zero-order valence-electron chi connectivity index (χ0n) is 27.0. The number of para-hydroxylation sites is 1. The topological polar surface area (TPSA) is 190 Å². The number of aryl methyl sites for hydroxylation is 1. The Balaban J connectivity index is 1.34. The van der Waals surface area contributed by atoms with E-state index in [2.05, 4.69) is 30.9 Å². The van der Waals surface area contributed by atoms with Crippen molar-refractivity contribution in [3.63, 3.8) is 0 Å². The van der Waals surface area contributed by atoms with Gasteiger partial charge in [0, 0.05) is 62.2 Å². The standard InChI is InChI=1S/C35H38N8O6/c1-21-16-38-29(18-37-21)34(48)42-12-11-36-32(46)27(13-22-7-3-2-4-8-22)41-33(47)30-15-24(44)19-43(30)35(49)28(40-31(45)20-42)14-23-17-39-26-10-6-5-9-25(23)26/h2-10,16-18,24,27-28,30,39,44H,11-15,19-20H2,1H3,(H,36,46)(H,40,45)(H,41,47)/t24-,27+,28-,30+/m1/s1. The molecule has 2 aromatic heterocycles. The molecule has 254 valence electrons. The Bertz CT molecular complexity index is 1850. The van der Waals surface area contributed by atoms with Crippen LogP contribution >= 0.6 is 0 Å². The van der Waals surface area contributed by atoms with Gasteiger partial charge in [0.15, 0.2) is 0 Å². The van der Waals surface area contributed by atoms with Crippen molar-refractivity contribution >= 4 is 40.4 Å². The highest BCUT2D eigenvalue weighted by Crippen LogP contribution is 2.24. The van der Waals surface area contributed by atoms with E-state index < -0.39 is 60.3 Å². The number of H-pyrrole nitrogens is 1. The van der Waals surface area contributed by atoms with Crippen LogP contribution in [0.3, 0.4) is 0 Å². The lowest BCUT2D eigenvalue weighted by molar-refractivity contribution is -0.142. The van der Waals surface area contributed by atoms with Gasteiger partial charge in [-0.2, -0.15) is 0 Å². The summed E-state index contributed by atoms with van der Waals surface area (Å²) in [6.45, 7) is 1.04. The second kappa shape index (κ2) is 14.6. The molecule has 2 aromatic carbocycles. The molecule has 0 aliphatic carbocycles. The number of nitrogens with one attached hydrogen (secondary N) is 4. The number of aliphatic hydroxyl groups excluding tert-OH is 1. The van der Waals surface area contributed by atoms with E-state index in [4.69, 9.17) is 0 Å². The number of benzene rings is 2. The highest BCUT2D eigenvalue weighted by molar-refractivity contribution is 5.98. The number of nitrogens with zero attached hydrogens (tertiary/aromatic N) is 4. The molecule has 4 atom stereocenters. The predicted octanol–water partition coefficient (Wildman–Crippen LogP) is 0.255. The van der Waals surface area contributed by atoms with Gasteiger partial charge in [0.1, 0.15) is 23.8 Å². The smallest absolute Gasteiger partial charge is 0.274 e. The Hall–Kier alpha value is -5.63. The van der Waals surface area contributed by atoms with Gasteiger partial charge in [-0.1, -0.05) is 48.5 Å². The molecule has 0 bridgehead atoms. The molecule has 0 saturated carbocycles. The number of rotatable bonds is 5. The summed E-state index contributed by atoms with van der Waals surface area (Å²) in [4.78, 5) is 82.9. The number of aliphatic hydroxyl groups is 1. The van der Waals surface area contributed by atoms with E-state index in [1.54, 1.807) is 13.1 Å². The van der Waals surface area contributed by atoms with Gasteiger partial charge in [-0.05, 0) is 24.1 Å². The summed E-state index contributed by atoms with van der Waals surface area (Å²) in [5, 5.41) is 19.9. The number of aromatic nitrogens is 3. The van der Waals surface area contributed by atoms with E-state index >= 15 is 0 Å². The van der Waals surface area contributed by atoms with E-state index in [9.17, 15) is 29.1 Å². The number of fused-ring (bicyclic) bond motifs is 2. The predicted molar refractivity (Wildman–Crippen MR) is 178 cm³/mol. The molecule has 2 saturated heterocycles. The van der Waals surface area contributed by atoms with Crippen LogP contribution in [0.25, 0.3) is 10.9 Å². The minimum Gasteiger partial charge on any atom is -0.391 e. The summed E-state index contributed by atoms with van der Waals surface area (Å²) in [7, 11) is 0. The maximum Gasteiger partial charge on any atom is 0.274 e. The van der Waals surface area contributed by atoms with Crippen LogP contribution in [-0.4, -0.2) is 110 Å². The fourth-order valence-electron chi connectivity index (χ4n) is 6.32. The average Bonchev–Trinajstić information content (AvgIpc) is 3.70. The molecule has 0 spiro atoms. The SMILES string of the molecule is Cc1cnc(C(=O)N2CCNC(=O)[C@H](Cc3ccccc3)NC(=O)[C@@H]3C[C@@H](O)CN3C(=O)[C@@H](Cc3c[nH]c4ccccc34)NC(=O)C2)cn1. The quantitative estimate of drug-likeness (QED) is 0.200. The van der Waals surface area contributed by atoms with E-state index in [1.807, 2.05) is 54.6 Å². The van der Waals surface area contributed by atoms with Gasteiger partial charge >= 0.3 is 0 Å². The zero-order valence-corrected chi connectivity index (χ0v) is 27.0. The van der Waals surface area contributed by atoms with Gasteiger partial charge in [0.05, 0.1) is 24.5 Å². The maximum absolute atomic E-state index is 14.3. The Morgan fingerprint density at radius 2 is 1.69 bits per heavy atom. The van der Waals surface area contributed by atoms with Crippen molar-refractivity contribution in [1.82, 2.24) is 40.7 Å². The van der Waals surface area contributed by atoms with Gasteiger partial charge < -0.3 is 35.8 Å². The van der Waals surface area contributed by atoms with Crippen LogP contribution in [0, 0.1) is 6.92 Å². The number of amides is 5. The molecule has 2 fully saturated rings. The highest BCUT2D eigenvalue weighted by Gasteiger charge is 2.43. The van der Waals surface area contributed by atoms with E-state index in [-0.39, 0.29) is 44.6 Å². The first-order valence-corrected chi connectivity index (χ1v) is 16.2. The Labute approximate surface area is 282 Å². The molecule has 6 rings (SSSR count). The van der Waals surface area contributed by atoms with Crippen LogP contribution in [0.15, 0.2) is 73.2 Å². The summed E-state index contributed by atoms with van der Waals surface area (Å²) < 4.78 is 0. The lowest BCUT2D eigenvalue weighted by atomic mass is 10.0. The second-order valence-corrected chi connectivity index (χ2v) is 12.4. The molecular formula is C35H38N8O6.